The Bertz CT molecular complexity index is 461. The van der Waals surface area contributed by atoms with Gasteiger partial charge in [-0.15, -0.1) is 10.2 Å². The Morgan fingerprint density at radius 3 is 2.64 bits per heavy atom. The van der Waals surface area contributed by atoms with Crippen molar-refractivity contribution in [2.75, 3.05) is 12.8 Å². The average molecular weight is 327 g/mol. The van der Waals surface area contributed by atoms with Gasteiger partial charge in [-0.05, 0) is 31.9 Å². The van der Waals surface area contributed by atoms with Crippen molar-refractivity contribution >= 4 is 17.8 Å². The van der Waals surface area contributed by atoms with E-state index in [2.05, 4.69) is 46.2 Å². The van der Waals surface area contributed by atoms with Crippen LogP contribution in [0.1, 0.15) is 46.4 Å². The molecule has 0 aliphatic rings. The second kappa shape index (κ2) is 9.71. The standard InChI is InChI=1S/C15H29N5OS/c1-6-12(4)17-14(21)16-9-7-8-13-18-19-15(22-5)20(13)10-11(2)3/h11-12H,6-10H2,1-5H3,(H2,16,17,21)/t12-/m0/s1. The molecule has 0 bridgehead atoms. The van der Waals surface area contributed by atoms with Crippen LogP contribution in [0.15, 0.2) is 5.16 Å². The number of hydrogen-bond donors (Lipinski definition) is 2. The van der Waals surface area contributed by atoms with Crippen LogP contribution in [0.25, 0.3) is 0 Å². The first-order valence-corrected chi connectivity index (χ1v) is 9.20. The molecule has 1 atom stereocenters. The van der Waals surface area contributed by atoms with Crippen LogP contribution in [-0.2, 0) is 13.0 Å². The van der Waals surface area contributed by atoms with Gasteiger partial charge in [0.2, 0.25) is 0 Å². The number of aryl methyl sites for hydroxylation is 1. The van der Waals surface area contributed by atoms with E-state index in [1.54, 1.807) is 11.8 Å². The number of nitrogens with zero attached hydrogens (tertiary/aromatic N) is 3. The van der Waals surface area contributed by atoms with E-state index in [0.717, 1.165) is 36.8 Å². The van der Waals surface area contributed by atoms with Crippen LogP contribution >= 0.6 is 11.8 Å². The van der Waals surface area contributed by atoms with Gasteiger partial charge < -0.3 is 15.2 Å². The summed E-state index contributed by atoms with van der Waals surface area (Å²) in [5, 5.41) is 15.3. The number of thioether (sulfide) groups is 1. The van der Waals surface area contributed by atoms with Gasteiger partial charge in [-0.1, -0.05) is 32.5 Å². The molecule has 1 rings (SSSR count). The molecule has 0 aromatic carbocycles. The minimum Gasteiger partial charge on any atom is -0.338 e. The molecule has 2 N–H and O–H groups in total. The highest BCUT2D eigenvalue weighted by Crippen LogP contribution is 2.16. The molecule has 0 unspecified atom stereocenters. The van der Waals surface area contributed by atoms with E-state index in [4.69, 9.17) is 0 Å². The first-order chi connectivity index (χ1) is 10.5. The van der Waals surface area contributed by atoms with Crippen LogP contribution in [0.4, 0.5) is 4.79 Å². The van der Waals surface area contributed by atoms with E-state index in [-0.39, 0.29) is 12.1 Å². The molecule has 1 aromatic rings. The van der Waals surface area contributed by atoms with Gasteiger partial charge in [-0.2, -0.15) is 0 Å². The summed E-state index contributed by atoms with van der Waals surface area (Å²) in [7, 11) is 0. The largest absolute Gasteiger partial charge is 0.338 e. The topological polar surface area (TPSA) is 71.8 Å². The normalized spacial score (nSPS) is 12.5. The number of nitrogens with one attached hydrogen (secondary N) is 2. The van der Waals surface area contributed by atoms with Gasteiger partial charge in [0.15, 0.2) is 5.16 Å². The van der Waals surface area contributed by atoms with Crippen LogP contribution in [0.3, 0.4) is 0 Å². The molecule has 0 aliphatic heterocycles. The van der Waals surface area contributed by atoms with Crippen LogP contribution in [-0.4, -0.2) is 39.6 Å². The van der Waals surface area contributed by atoms with Crippen LogP contribution in [0.5, 0.6) is 0 Å². The molecule has 0 aliphatic carbocycles. The highest BCUT2D eigenvalue weighted by Gasteiger charge is 2.12. The quantitative estimate of drug-likeness (QED) is 0.540. The van der Waals surface area contributed by atoms with Gasteiger partial charge in [0, 0.05) is 25.6 Å². The average Bonchev–Trinajstić information content (AvgIpc) is 2.84. The first-order valence-electron chi connectivity index (χ1n) is 7.98. The van der Waals surface area contributed by atoms with Gasteiger partial charge in [0.05, 0.1) is 0 Å². The fourth-order valence-corrected chi connectivity index (χ4v) is 2.55. The molecular weight excluding hydrogens is 298 g/mol. The number of urea groups is 1. The van der Waals surface area contributed by atoms with Crippen molar-refractivity contribution in [1.29, 1.82) is 0 Å². The van der Waals surface area contributed by atoms with Crippen molar-refractivity contribution in [3.8, 4) is 0 Å². The molecule has 1 aromatic heterocycles. The van der Waals surface area contributed by atoms with E-state index >= 15 is 0 Å². The van der Waals surface area contributed by atoms with Crippen molar-refractivity contribution in [1.82, 2.24) is 25.4 Å². The molecule has 22 heavy (non-hydrogen) atoms. The summed E-state index contributed by atoms with van der Waals surface area (Å²) in [5.74, 6) is 1.56. The molecule has 0 saturated heterocycles. The third kappa shape index (κ3) is 6.25. The monoisotopic (exact) mass is 327 g/mol. The maximum atomic E-state index is 11.6. The fourth-order valence-electron chi connectivity index (χ4n) is 2.03. The van der Waals surface area contributed by atoms with Crippen molar-refractivity contribution in [2.24, 2.45) is 5.92 Å². The third-order valence-corrected chi connectivity index (χ3v) is 4.04. The SMILES string of the molecule is CC[C@H](C)NC(=O)NCCCc1nnc(SC)n1CC(C)C. The van der Waals surface area contributed by atoms with Gasteiger partial charge >= 0.3 is 6.03 Å². The number of hydrogen-bond acceptors (Lipinski definition) is 4. The second-order valence-electron chi connectivity index (χ2n) is 5.92. The lowest BCUT2D eigenvalue weighted by Gasteiger charge is -2.13. The van der Waals surface area contributed by atoms with Gasteiger partial charge in [0.1, 0.15) is 5.82 Å². The predicted octanol–water partition coefficient (Wildman–Crippen LogP) is 2.69. The Morgan fingerprint density at radius 1 is 1.32 bits per heavy atom. The number of carbonyl (C=O) groups excluding carboxylic acids is 1. The number of rotatable bonds is 9. The van der Waals surface area contributed by atoms with E-state index in [9.17, 15) is 4.79 Å². The van der Waals surface area contributed by atoms with E-state index in [1.807, 2.05) is 13.2 Å². The summed E-state index contributed by atoms with van der Waals surface area (Å²) in [4.78, 5) is 11.6. The lowest BCUT2D eigenvalue weighted by atomic mass is 10.2. The highest BCUT2D eigenvalue weighted by molar-refractivity contribution is 7.98. The molecule has 2 amide bonds. The minimum atomic E-state index is -0.0946. The Labute approximate surface area is 137 Å². The summed E-state index contributed by atoms with van der Waals surface area (Å²) in [6.07, 6.45) is 4.64. The van der Waals surface area contributed by atoms with Crippen molar-refractivity contribution in [3.63, 3.8) is 0 Å². The van der Waals surface area contributed by atoms with Gasteiger partial charge in [0.25, 0.3) is 0 Å². The van der Waals surface area contributed by atoms with Gasteiger partial charge in [-0.3, -0.25) is 0 Å². The Morgan fingerprint density at radius 2 is 2.05 bits per heavy atom. The van der Waals surface area contributed by atoms with Crippen molar-refractivity contribution in [2.45, 2.75) is 64.7 Å². The van der Waals surface area contributed by atoms with Gasteiger partial charge in [-0.25, -0.2) is 4.79 Å². The molecule has 0 spiro atoms. The predicted molar refractivity (Wildman–Crippen MR) is 91.2 cm³/mol. The molecule has 7 heteroatoms. The second-order valence-corrected chi connectivity index (χ2v) is 6.69. The summed E-state index contributed by atoms with van der Waals surface area (Å²) in [6, 6.07) is 0.112. The van der Waals surface area contributed by atoms with Crippen LogP contribution < -0.4 is 10.6 Å². The molecule has 126 valence electrons. The zero-order valence-corrected chi connectivity index (χ0v) is 15.2. The Balaban J connectivity index is 2.42. The molecule has 0 fully saturated rings. The molecule has 6 nitrogen and oxygen atoms in total. The zero-order chi connectivity index (χ0) is 16.5. The molecular formula is C15H29N5OS. The number of amides is 2. The summed E-state index contributed by atoms with van der Waals surface area (Å²) < 4.78 is 2.19. The van der Waals surface area contributed by atoms with Crippen LogP contribution in [0.2, 0.25) is 0 Å². The first kappa shape index (κ1) is 18.8. The van der Waals surface area contributed by atoms with E-state index in [1.165, 1.54) is 0 Å². The lowest BCUT2D eigenvalue weighted by molar-refractivity contribution is 0.237. The molecule has 1 heterocycles. The molecule has 0 saturated carbocycles. The third-order valence-electron chi connectivity index (χ3n) is 3.38. The lowest BCUT2D eigenvalue weighted by Crippen LogP contribution is -2.40. The Kier molecular flexibility index (Phi) is 8.30. The van der Waals surface area contributed by atoms with Crippen LogP contribution in [0, 0.1) is 5.92 Å². The smallest absolute Gasteiger partial charge is 0.314 e. The zero-order valence-electron chi connectivity index (χ0n) is 14.3. The van der Waals surface area contributed by atoms with Crippen molar-refractivity contribution in [3.05, 3.63) is 5.82 Å². The summed E-state index contributed by atoms with van der Waals surface area (Å²) >= 11 is 1.62. The fraction of sp³-hybridized carbons (Fsp3) is 0.800. The summed E-state index contributed by atoms with van der Waals surface area (Å²) in [5.41, 5.74) is 0. The van der Waals surface area contributed by atoms with E-state index in [0.29, 0.717) is 12.5 Å². The molecule has 0 radical (unpaired) electrons. The number of aromatic nitrogens is 3. The minimum absolute atomic E-state index is 0.0946. The maximum Gasteiger partial charge on any atom is 0.314 e. The maximum absolute atomic E-state index is 11.6. The van der Waals surface area contributed by atoms with E-state index < -0.39 is 0 Å². The number of carbonyl (C=O) groups is 1. The Hall–Kier alpha value is -1.24. The summed E-state index contributed by atoms with van der Waals surface area (Å²) in [6.45, 7) is 10.0. The van der Waals surface area contributed by atoms with Crippen molar-refractivity contribution < 1.29 is 4.79 Å². The highest BCUT2D eigenvalue weighted by atomic mass is 32.2.